The average Bonchev–Trinajstić information content (AvgIpc) is 3.68. The number of ether oxygens (including phenoxy) is 2. The van der Waals surface area contributed by atoms with Gasteiger partial charge in [0.15, 0.2) is 16.7 Å². The minimum absolute atomic E-state index is 0.0298. The maximum atomic E-state index is 15.0. The standard InChI is InChI=1S/C34H34F2N6O7S/c35-22-7-6-20(24-17-50-34(39-24)41-11-13-48-14-12-41)30(29(22)36)49-19-15-18(16-19)38-26(43)5-2-10-37-23-4-1-3-21-28(23)33(47)42(32(21)46)25-8-9-27(44)40-31(25)45/h1,3-4,6-7,17-19,25,37H,2,5,8-16H2,(H,38,43)(H,40,44,45). The summed E-state index contributed by atoms with van der Waals surface area (Å²) in [7, 11) is 0. The molecule has 3 aromatic rings. The molecule has 50 heavy (non-hydrogen) atoms. The van der Waals surface area contributed by atoms with E-state index in [1.165, 1.54) is 23.5 Å². The summed E-state index contributed by atoms with van der Waals surface area (Å²) in [5, 5.41) is 10.8. The number of amides is 5. The summed E-state index contributed by atoms with van der Waals surface area (Å²) in [4.78, 5) is 70.5. The number of benzene rings is 2. The van der Waals surface area contributed by atoms with Gasteiger partial charge in [0.1, 0.15) is 12.1 Å². The molecule has 4 aliphatic rings. The van der Waals surface area contributed by atoms with Gasteiger partial charge in [0.05, 0.1) is 30.0 Å². The number of piperidine rings is 1. The van der Waals surface area contributed by atoms with E-state index < -0.39 is 47.4 Å². The van der Waals surface area contributed by atoms with Gasteiger partial charge in [-0.25, -0.2) is 9.37 Å². The summed E-state index contributed by atoms with van der Waals surface area (Å²) < 4.78 is 40.6. The maximum Gasteiger partial charge on any atom is 0.264 e. The molecule has 0 bridgehead atoms. The van der Waals surface area contributed by atoms with Crippen LogP contribution in [-0.4, -0.2) is 90.5 Å². The molecular formula is C34H34F2N6O7S. The normalized spacial score (nSPS) is 21.8. The number of imide groups is 2. The quantitative estimate of drug-likeness (QED) is 0.200. The summed E-state index contributed by atoms with van der Waals surface area (Å²) in [6, 6.07) is 6.06. The van der Waals surface area contributed by atoms with Crippen LogP contribution in [0.15, 0.2) is 35.7 Å². The zero-order valence-electron chi connectivity index (χ0n) is 26.8. The van der Waals surface area contributed by atoms with Crippen LogP contribution >= 0.6 is 11.3 Å². The van der Waals surface area contributed by atoms with Crippen LogP contribution in [0.4, 0.5) is 19.6 Å². The highest BCUT2D eigenvalue weighted by Crippen LogP contribution is 2.39. The second-order valence-electron chi connectivity index (χ2n) is 12.5. The van der Waals surface area contributed by atoms with Crippen molar-refractivity contribution in [2.45, 2.75) is 56.7 Å². The number of fused-ring (bicyclic) bond motifs is 1. The van der Waals surface area contributed by atoms with Crippen molar-refractivity contribution in [1.82, 2.24) is 20.5 Å². The number of hydrogen-bond donors (Lipinski definition) is 3. The summed E-state index contributed by atoms with van der Waals surface area (Å²) in [6.45, 7) is 2.92. The van der Waals surface area contributed by atoms with Crippen molar-refractivity contribution in [2.24, 2.45) is 0 Å². The first-order valence-corrected chi connectivity index (χ1v) is 17.4. The van der Waals surface area contributed by atoms with Gasteiger partial charge in [-0.05, 0) is 37.1 Å². The van der Waals surface area contributed by atoms with E-state index in [1.54, 1.807) is 17.5 Å². The van der Waals surface area contributed by atoms with Crippen molar-refractivity contribution in [3.05, 3.63) is 58.5 Å². The molecule has 1 unspecified atom stereocenters. The van der Waals surface area contributed by atoms with Gasteiger partial charge in [0.25, 0.3) is 11.8 Å². The third kappa shape index (κ3) is 6.64. The lowest BCUT2D eigenvalue weighted by Crippen LogP contribution is -2.54. The molecular weight excluding hydrogens is 674 g/mol. The maximum absolute atomic E-state index is 15.0. The Hall–Kier alpha value is -4.96. The van der Waals surface area contributed by atoms with Gasteiger partial charge in [0.2, 0.25) is 23.5 Å². The lowest BCUT2D eigenvalue weighted by atomic mass is 9.89. The van der Waals surface area contributed by atoms with E-state index >= 15 is 0 Å². The first kappa shape index (κ1) is 33.5. The smallest absolute Gasteiger partial charge is 0.264 e. The van der Waals surface area contributed by atoms with Gasteiger partial charge < -0.3 is 25.0 Å². The number of rotatable bonds is 11. The van der Waals surface area contributed by atoms with Gasteiger partial charge in [-0.15, -0.1) is 11.3 Å². The third-order valence-corrected chi connectivity index (χ3v) is 10.1. The minimum atomic E-state index is -1.08. The zero-order valence-corrected chi connectivity index (χ0v) is 27.7. The Kier molecular flexibility index (Phi) is 9.46. The van der Waals surface area contributed by atoms with Crippen molar-refractivity contribution >= 4 is 51.7 Å². The van der Waals surface area contributed by atoms with E-state index in [-0.39, 0.29) is 48.1 Å². The molecule has 1 saturated carbocycles. The number of morpholine rings is 1. The number of carbonyl (C=O) groups is 5. The van der Waals surface area contributed by atoms with E-state index in [0.717, 1.165) is 16.1 Å². The zero-order chi connectivity index (χ0) is 34.9. The van der Waals surface area contributed by atoms with Crippen LogP contribution in [0.1, 0.15) is 59.2 Å². The van der Waals surface area contributed by atoms with Crippen molar-refractivity contribution in [3.8, 4) is 17.0 Å². The number of hydrogen-bond acceptors (Lipinski definition) is 11. The van der Waals surface area contributed by atoms with E-state index in [1.807, 2.05) is 0 Å². The molecule has 5 amide bonds. The van der Waals surface area contributed by atoms with E-state index in [9.17, 15) is 32.8 Å². The van der Waals surface area contributed by atoms with Gasteiger partial charge in [-0.3, -0.25) is 34.2 Å². The molecule has 3 N–H and O–H groups in total. The van der Waals surface area contributed by atoms with E-state index in [2.05, 4.69) is 25.8 Å². The van der Waals surface area contributed by atoms with Crippen LogP contribution in [0.25, 0.3) is 11.3 Å². The number of halogens is 2. The Balaban J connectivity index is 0.886. The third-order valence-electron chi connectivity index (χ3n) is 9.21. The van der Waals surface area contributed by atoms with E-state index in [0.29, 0.717) is 69.1 Å². The predicted octanol–water partition coefficient (Wildman–Crippen LogP) is 3.24. The Labute approximate surface area is 289 Å². The number of anilines is 2. The van der Waals surface area contributed by atoms with Crippen LogP contribution < -0.4 is 25.6 Å². The monoisotopic (exact) mass is 708 g/mol. The van der Waals surface area contributed by atoms with Gasteiger partial charge in [-0.2, -0.15) is 4.39 Å². The molecule has 16 heteroatoms. The number of aromatic nitrogens is 1. The van der Waals surface area contributed by atoms with Crippen molar-refractivity contribution in [1.29, 1.82) is 0 Å². The van der Waals surface area contributed by atoms with Gasteiger partial charge in [-0.1, -0.05) is 6.07 Å². The number of nitrogens with one attached hydrogen (secondary N) is 3. The van der Waals surface area contributed by atoms with Crippen LogP contribution in [-0.2, 0) is 19.1 Å². The fourth-order valence-corrected chi connectivity index (χ4v) is 7.40. The summed E-state index contributed by atoms with van der Waals surface area (Å²) in [5.74, 6) is -4.83. The number of nitrogens with zero attached hydrogens (tertiary/aromatic N) is 3. The molecule has 3 aliphatic heterocycles. The van der Waals surface area contributed by atoms with Gasteiger partial charge in [0, 0.05) is 68.0 Å². The van der Waals surface area contributed by atoms with Crippen LogP contribution in [0.5, 0.6) is 5.75 Å². The lowest BCUT2D eigenvalue weighted by Gasteiger charge is -2.36. The van der Waals surface area contributed by atoms with Crippen molar-refractivity contribution < 1.29 is 42.2 Å². The summed E-state index contributed by atoms with van der Waals surface area (Å²) in [6.07, 6.45) is 1.11. The summed E-state index contributed by atoms with van der Waals surface area (Å²) in [5.41, 5.74) is 1.58. The Bertz CT molecular complexity index is 1860. The second-order valence-corrected chi connectivity index (χ2v) is 13.4. The second kappa shape index (κ2) is 14.1. The fourth-order valence-electron chi connectivity index (χ4n) is 6.52. The van der Waals surface area contributed by atoms with Crippen LogP contribution in [0, 0.1) is 11.6 Å². The first-order chi connectivity index (χ1) is 24.2. The highest BCUT2D eigenvalue weighted by atomic mass is 32.1. The number of thiazole rings is 1. The van der Waals surface area contributed by atoms with Crippen LogP contribution in [0.2, 0.25) is 0 Å². The largest absolute Gasteiger partial charge is 0.486 e. The molecule has 7 rings (SSSR count). The highest BCUT2D eigenvalue weighted by molar-refractivity contribution is 7.14. The fraction of sp³-hybridized carbons (Fsp3) is 0.412. The van der Waals surface area contributed by atoms with Crippen molar-refractivity contribution in [3.63, 3.8) is 0 Å². The van der Waals surface area contributed by atoms with Crippen LogP contribution in [0.3, 0.4) is 0 Å². The molecule has 1 aromatic heterocycles. The Morgan fingerprint density at radius 2 is 1.86 bits per heavy atom. The molecule has 2 saturated heterocycles. The van der Waals surface area contributed by atoms with E-state index in [4.69, 9.17) is 9.47 Å². The SMILES string of the molecule is O=C1CCC(N2C(=O)c3cccc(NCCCC(=O)NC4CC(Oc5c(-c6csc(N7CCOCC7)n6)ccc(F)c5F)C4)c3C2=O)C(=O)N1. The van der Waals surface area contributed by atoms with Crippen molar-refractivity contribution in [2.75, 3.05) is 43.1 Å². The topological polar surface area (TPSA) is 159 Å². The van der Waals surface area contributed by atoms with Gasteiger partial charge >= 0.3 is 0 Å². The molecule has 0 spiro atoms. The molecule has 4 heterocycles. The first-order valence-electron chi connectivity index (χ1n) is 16.5. The molecule has 1 atom stereocenters. The lowest BCUT2D eigenvalue weighted by molar-refractivity contribution is -0.136. The molecule has 3 fully saturated rings. The predicted molar refractivity (Wildman–Crippen MR) is 177 cm³/mol. The molecule has 1 aliphatic carbocycles. The Morgan fingerprint density at radius 3 is 2.64 bits per heavy atom. The molecule has 262 valence electrons. The summed E-state index contributed by atoms with van der Waals surface area (Å²) >= 11 is 1.42. The minimum Gasteiger partial charge on any atom is -0.486 e. The molecule has 2 aromatic carbocycles. The molecule has 0 radical (unpaired) electrons. The average molecular weight is 709 g/mol. The highest BCUT2D eigenvalue weighted by Gasteiger charge is 2.45. The molecule has 13 nitrogen and oxygen atoms in total. The number of carbonyl (C=O) groups excluding carboxylic acids is 5. The Morgan fingerprint density at radius 1 is 1.06 bits per heavy atom.